The number of amides is 2. The van der Waals surface area contributed by atoms with Gasteiger partial charge in [-0.1, -0.05) is 54.1 Å². The molecule has 3 aromatic carbocycles. The number of anilines is 1. The first kappa shape index (κ1) is 20.1. The van der Waals surface area contributed by atoms with Crippen molar-refractivity contribution >= 4 is 34.2 Å². The number of carbonyl (C=O) groups is 3. The molecule has 2 N–H and O–H groups in total. The SMILES string of the molecule is CC(=O)Nc1cc2ccccc2cc1C(=O)OCC(=O)NCc1ccc(C)cc1. The number of esters is 1. The van der Waals surface area contributed by atoms with Crippen molar-refractivity contribution < 1.29 is 19.1 Å². The fourth-order valence-corrected chi connectivity index (χ4v) is 2.87. The van der Waals surface area contributed by atoms with Gasteiger partial charge in [-0.3, -0.25) is 9.59 Å². The van der Waals surface area contributed by atoms with Crippen molar-refractivity contribution in [2.24, 2.45) is 0 Å². The van der Waals surface area contributed by atoms with E-state index in [0.717, 1.165) is 21.9 Å². The maximum absolute atomic E-state index is 12.6. The first-order chi connectivity index (χ1) is 13.9. The van der Waals surface area contributed by atoms with E-state index in [1.165, 1.54) is 6.92 Å². The Morgan fingerprint density at radius 2 is 1.59 bits per heavy atom. The van der Waals surface area contributed by atoms with Crippen molar-refractivity contribution in [1.29, 1.82) is 0 Å². The second kappa shape index (κ2) is 9.01. The molecule has 0 radical (unpaired) electrons. The van der Waals surface area contributed by atoms with Gasteiger partial charge in [0.25, 0.3) is 5.91 Å². The lowest BCUT2D eigenvalue weighted by Gasteiger charge is -2.12. The molecule has 0 atom stereocenters. The number of nitrogens with one attached hydrogen (secondary N) is 2. The third-order valence-electron chi connectivity index (χ3n) is 4.36. The van der Waals surface area contributed by atoms with E-state index in [-0.39, 0.29) is 11.5 Å². The predicted octanol–water partition coefficient (Wildman–Crippen LogP) is 3.58. The van der Waals surface area contributed by atoms with Crippen LogP contribution in [0.3, 0.4) is 0 Å². The van der Waals surface area contributed by atoms with Gasteiger partial charge in [0.05, 0.1) is 11.3 Å². The maximum atomic E-state index is 12.6. The largest absolute Gasteiger partial charge is 0.452 e. The summed E-state index contributed by atoms with van der Waals surface area (Å²) in [6.07, 6.45) is 0. The second-order valence-corrected chi connectivity index (χ2v) is 6.76. The highest BCUT2D eigenvalue weighted by Gasteiger charge is 2.16. The van der Waals surface area contributed by atoms with E-state index >= 15 is 0 Å². The molecule has 3 rings (SSSR count). The summed E-state index contributed by atoms with van der Waals surface area (Å²) in [5.41, 5.74) is 2.64. The average Bonchev–Trinajstić information content (AvgIpc) is 2.70. The molecular formula is C23H22N2O4. The van der Waals surface area contributed by atoms with Gasteiger partial charge in [-0.25, -0.2) is 4.79 Å². The van der Waals surface area contributed by atoms with Crippen LogP contribution in [0.4, 0.5) is 5.69 Å². The van der Waals surface area contributed by atoms with Crippen LogP contribution < -0.4 is 10.6 Å². The fraction of sp³-hybridized carbons (Fsp3) is 0.174. The molecule has 0 saturated carbocycles. The Morgan fingerprint density at radius 3 is 2.24 bits per heavy atom. The molecule has 6 heteroatoms. The lowest BCUT2D eigenvalue weighted by molar-refractivity contribution is -0.124. The molecule has 0 aliphatic carbocycles. The van der Waals surface area contributed by atoms with Crippen LogP contribution in [-0.4, -0.2) is 24.4 Å². The van der Waals surface area contributed by atoms with E-state index < -0.39 is 18.5 Å². The molecule has 0 heterocycles. The Hall–Kier alpha value is -3.67. The minimum absolute atomic E-state index is 0.199. The summed E-state index contributed by atoms with van der Waals surface area (Å²) in [6, 6.07) is 18.6. The van der Waals surface area contributed by atoms with E-state index in [1.54, 1.807) is 12.1 Å². The van der Waals surface area contributed by atoms with E-state index in [2.05, 4.69) is 10.6 Å². The Labute approximate surface area is 168 Å². The van der Waals surface area contributed by atoms with E-state index in [0.29, 0.717) is 12.2 Å². The first-order valence-electron chi connectivity index (χ1n) is 9.22. The summed E-state index contributed by atoms with van der Waals surface area (Å²) in [6.45, 7) is 3.30. The zero-order valence-corrected chi connectivity index (χ0v) is 16.3. The van der Waals surface area contributed by atoms with Gasteiger partial charge in [-0.05, 0) is 35.4 Å². The summed E-state index contributed by atoms with van der Waals surface area (Å²) < 4.78 is 5.17. The Balaban J connectivity index is 1.66. The molecule has 0 saturated heterocycles. The van der Waals surface area contributed by atoms with Gasteiger partial charge >= 0.3 is 5.97 Å². The van der Waals surface area contributed by atoms with Crippen LogP contribution in [-0.2, 0) is 20.9 Å². The highest BCUT2D eigenvalue weighted by atomic mass is 16.5. The van der Waals surface area contributed by atoms with Gasteiger partial charge < -0.3 is 15.4 Å². The number of rotatable bonds is 6. The van der Waals surface area contributed by atoms with Crippen LogP contribution in [0.15, 0.2) is 60.7 Å². The molecule has 0 aliphatic heterocycles. The highest BCUT2D eigenvalue weighted by molar-refractivity contribution is 6.05. The Bertz CT molecular complexity index is 1060. The molecule has 0 aromatic heterocycles. The van der Waals surface area contributed by atoms with Crippen LogP contribution in [0.1, 0.15) is 28.4 Å². The van der Waals surface area contributed by atoms with Crippen LogP contribution in [0, 0.1) is 6.92 Å². The minimum atomic E-state index is -0.676. The van der Waals surface area contributed by atoms with Gasteiger partial charge in [-0.2, -0.15) is 0 Å². The quantitative estimate of drug-likeness (QED) is 0.630. The second-order valence-electron chi connectivity index (χ2n) is 6.76. The van der Waals surface area contributed by atoms with Gasteiger partial charge in [-0.15, -0.1) is 0 Å². The van der Waals surface area contributed by atoms with Gasteiger partial charge in [0.15, 0.2) is 6.61 Å². The zero-order valence-electron chi connectivity index (χ0n) is 16.3. The van der Waals surface area contributed by atoms with Crippen LogP contribution in [0.5, 0.6) is 0 Å². The van der Waals surface area contributed by atoms with Crippen LogP contribution in [0.25, 0.3) is 10.8 Å². The molecule has 0 unspecified atom stereocenters. The van der Waals surface area contributed by atoms with Gasteiger partial charge in [0.1, 0.15) is 0 Å². The monoisotopic (exact) mass is 390 g/mol. The van der Waals surface area contributed by atoms with Crippen molar-refractivity contribution in [3.63, 3.8) is 0 Å². The standard InChI is InChI=1S/C23H22N2O4/c1-15-7-9-17(10-8-15)13-24-22(27)14-29-23(28)20-11-18-5-3-4-6-19(18)12-21(20)25-16(2)26/h3-12H,13-14H2,1-2H3,(H,24,27)(H,25,26). The highest BCUT2D eigenvalue weighted by Crippen LogP contribution is 2.25. The third-order valence-corrected chi connectivity index (χ3v) is 4.36. The summed E-state index contributed by atoms with van der Waals surface area (Å²) in [4.78, 5) is 36.1. The van der Waals surface area contributed by atoms with Crippen molar-refractivity contribution in [1.82, 2.24) is 5.32 Å². The van der Waals surface area contributed by atoms with Crippen molar-refractivity contribution in [2.75, 3.05) is 11.9 Å². The smallest absolute Gasteiger partial charge is 0.340 e. The minimum Gasteiger partial charge on any atom is -0.452 e. The molecule has 3 aromatic rings. The van der Waals surface area contributed by atoms with Crippen LogP contribution >= 0.6 is 0 Å². The molecule has 6 nitrogen and oxygen atoms in total. The number of ether oxygens (including phenoxy) is 1. The molecule has 0 aliphatic rings. The van der Waals surface area contributed by atoms with Crippen LogP contribution in [0.2, 0.25) is 0 Å². The van der Waals surface area contributed by atoms with E-state index in [9.17, 15) is 14.4 Å². The summed E-state index contributed by atoms with van der Waals surface area (Å²) >= 11 is 0. The summed E-state index contributed by atoms with van der Waals surface area (Å²) in [7, 11) is 0. The first-order valence-corrected chi connectivity index (χ1v) is 9.22. The fourth-order valence-electron chi connectivity index (χ4n) is 2.87. The third kappa shape index (κ3) is 5.42. The number of hydrogen-bond acceptors (Lipinski definition) is 4. The topological polar surface area (TPSA) is 84.5 Å². The summed E-state index contributed by atoms with van der Waals surface area (Å²) in [5, 5.41) is 7.07. The average molecular weight is 390 g/mol. The molecule has 29 heavy (non-hydrogen) atoms. The molecule has 0 fully saturated rings. The molecular weight excluding hydrogens is 368 g/mol. The Kier molecular flexibility index (Phi) is 6.24. The van der Waals surface area contributed by atoms with Gasteiger partial charge in [0, 0.05) is 13.5 Å². The molecule has 0 bridgehead atoms. The molecule has 2 amide bonds. The van der Waals surface area contributed by atoms with Gasteiger partial charge in [0.2, 0.25) is 5.91 Å². The Morgan fingerprint density at radius 1 is 0.931 bits per heavy atom. The predicted molar refractivity (Wildman–Crippen MR) is 112 cm³/mol. The lowest BCUT2D eigenvalue weighted by atomic mass is 10.0. The number of benzene rings is 3. The van der Waals surface area contributed by atoms with Crippen molar-refractivity contribution in [3.05, 3.63) is 77.4 Å². The normalized spacial score (nSPS) is 10.4. The lowest BCUT2D eigenvalue weighted by Crippen LogP contribution is -2.28. The number of hydrogen-bond donors (Lipinski definition) is 2. The number of aryl methyl sites for hydroxylation is 1. The van der Waals surface area contributed by atoms with E-state index in [1.807, 2.05) is 55.5 Å². The van der Waals surface area contributed by atoms with Crippen molar-refractivity contribution in [3.8, 4) is 0 Å². The number of fused-ring (bicyclic) bond motifs is 1. The maximum Gasteiger partial charge on any atom is 0.340 e. The summed E-state index contributed by atoms with van der Waals surface area (Å²) in [5.74, 6) is -1.38. The van der Waals surface area contributed by atoms with E-state index in [4.69, 9.17) is 4.74 Å². The van der Waals surface area contributed by atoms with Crippen molar-refractivity contribution in [2.45, 2.75) is 20.4 Å². The number of carbonyl (C=O) groups excluding carboxylic acids is 3. The molecule has 148 valence electrons. The zero-order chi connectivity index (χ0) is 20.8. The molecule has 0 spiro atoms.